The summed E-state index contributed by atoms with van der Waals surface area (Å²) in [6, 6.07) is 30.0. The molecule has 0 bridgehead atoms. The van der Waals surface area contributed by atoms with Crippen molar-refractivity contribution in [3.63, 3.8) is 0 Å². The summed E-state index contributed by atoms with van der Waals surface area (Å²) in [5.74, 6) is 2.07. The van der Waals surface area contributed by atoms with Crippen molar-refractivity contribution >= 4 is 33.2 Å². The summed E-state index contributed by atoms with van der Waals surface area (Å²) in [6.45, 7) is 2.04. The number of rotatable bonds is 6. The van der Waals surface area contributed by atoms with Gasteiger partial charge in [0.1, 0.15) is 23.0 Å². The third kappa shape index (κ3) is 4.52. The van der Waals surface area contributed by atoms with Crippen LogP contribution in [0.25, 0.3) is 72.6 Å². The Balaban J connectivity index is 0.996. The van der Waals surface area contributed by atoms with Crippen molar-refractivity contribution in [3.8, 4) is 50.8 Å². The van der Waals surface area contributed by atoms with Gasteiger partial charge in [0, 0.05) is 28.6 Å². The molecular weight excluding hydrogens is 620 g/mol. The van der Waals surface area contributed by atoms with Crippen LogP contribution in [0.1, 0.15) is 12.4 Å². The van der Waals surface area contributed by atoms with Crippen LogP contribution in [0.3, 0.4) is 0 Å². The molecule has 0 aliphatic rings. The molecule has 0 saturated carbocycles. The van der Waals surface area contributed by atoms with Gasteiger partial charge in [0.05, 0.1) is 36.6 Å². The zero-order valence-electron chi connectivity index (χ0n) is 31.6. The van der Waals surface area contributed by atoms with Crippen molar-refractivity contribution in [1.29, 1.82) is 0 Å². The molecule has 5 heterocycles. The summed E-state index contributed by atoms with van der Waals surface area (Å²) in [6.07, 6.45) is 10.1. The van der Waals surface area contributed by atoms with Gasteiger partial charge in [-0.15, -0.1) is 0 Å². The molecule has 5 aromatic heterocycles. The Morgan fingerprint density at radius 3 is 2.46 bits per heavy atom. The molecule has 0 fully saturated rings. The smallest absolute Gasteiger partial charge is 0.279 e. The SMILES string of the molecule is [2H]c1c([2H])c([2H])c(-c2ccc(-c3cnc(-n4c5ccccc5c5ccc(Oc6cccc(-c7coc8c9occ[n+]9[c-]n78)c6)cc54)cc3C)cc2)c([2H])c1[2H]. The van der Waals surface area contributed by atoms with Gasteiger partial charge in [0.15, 0.2) is 0 Å². The Kier molecular flexibility index (Phi) is 5.21. The maximum atomic E-state index is 8.37. The van der Waals surface area contributed by atoms with Gasteiger partial charge in [0.25, 0.3) is 17.8 Å². The third-order valence-corrected chi connectivity index (χ3v) is 9.05. The van der Waals surface area contributed by atoms with E-state index in [0.29, 0.717) is 28.5 Å². The zero-order chi connectivity index (χ0) is 37.5. The minimum atomic E-state index is -0.408. The number of oxazole rings is 2. The average molecular weight is 654 g/mol. The van der Waals surface area contributed by atoms with E-state index in [9.17, 15) is 0 Å². The topological polar surface area (TPSA) is 61.8 Å². The lowest BCUT2D eigenvalue weighted by Crippen LogP contribution is -2.13. The highest BCUT2D eigenvalue weighted by Gasteiger charge is 2.18. The van der Waals surface area contributed by atoms with E-state index in [1.54, 1.807) is 35.3 Å². The van der Waals surface area contributed by atoms with E-state index in [1.807, 2.05) is 78.2 Å². The lowest BCUT2D eigenvalue weighted by Gasteiger charge is -2.12. The number of ether oxygens (including phenoxy) is 1. The Bertz CT molecular complexity index is 3130. The van der Waals surface area contributed by atoms with Crippen LogP contribution >= 0.6 is 0 Å². The minimum Gasteiger partial charge on any atom is -0.470 e. The summed E-state index contributed by atoms with van der Waals surface area (Å²) in [5, 5.41) is 2.16. The van der Waals surface area contributed by atoms with Gasteiger partial charge in [-0.25, -0.2) is 4.98 Å². The average Bonchev–Trinajstić information content (AvgIpc) is 3.98. The molecule has 0 spiro atoms. The Morgan fingerprint density at radius 1 is 0.760 bits per heavy atom. The van der Waals surface area contributed by atoms with Crippen LogP contribution in [-0.4, -0.2) is 14.0 Å². The molecule has 5 aromatic carbocycles. The first kappa shape index (κ1) is 23.5. The first-order valence-corrected chi connectivity index (χ1v) is 16.0. The van der Waals surface area contributed by atoms with Crippen molar-refractivity contribution in [2.24, 2.45) is 0 Å². The number of fused-ring (bicyclic) bond motifs is 6. The second-order valence-electron chi connectivity index (χ2n) is 12.0. The fourth-order valence-corrected chi connectivity index (χ4v) is 6.68. The molecule has 0 aliphatic heterocycles. The van der Waals surface area contributed by atoms with Crippen LogP contribution in [0, 0.1) is 13.3 Å². The Morgan fingerprint density at radius 2 is 1.58 bits per heavy atom. The number of imidazole rings is 1. The molecule has 0 saturated heterocycles. The predicted molar refractivity (Wildman–Crippen MR) is 194 cm³/mol. The fourth-order valence-electron chi connectivity index (χ4n) is 6.68. The maximum Gasteiger partial charge on any atom is 0.279 e. The summed E-state index contributed by atoms with van der Waals surface area (Å²) < 4.78 is 64.4. The molecule has 0 radical (unpaired) electrons. The van der Waals surface area contributed by atoms with Crippen LogP contribution in [-0.2, 0) is 0 Å². The van der Waals surface area contributed by atoms with Crippen LogP contribution < -0.4 is 9.14 Å². The highest BCUT2D eigenvalue weighted by atomic mass is 16.5. The summed E-state index contributed by atoms with van der Waals surface area (Å²) >= 11 is 0. The van der Waals surface area contributed by atoms with Crippen molar-refractivity contribution in [1.82, 2.24) is 14.0 Å². The fraction of sp³-hybridized carbons (Fsp3) is 0.0233. The Hall–Kier alpha value is -6.86. The standard InChI is InChI=1S/C43H28N4O3/c1-28-22-41(44-25-37(28)31-16-14-30(15-17-31)29-8-3-2-4-9-29)47-38-13-6-5-12-35(38)36-19-18-34(24-39(36)47)50-33-11-7-10-32(23-33)40-26-49-43-42-45(20-21-48-42)27-46(40)43/h2-26H,1H3/i2D,3D,4D,8D,9D. The van der Waals surface area contributed by atoms with E-state index in [-0.39, 0.29) is 29.7 Å². The number of nitrogens with zero attached hydrogens (tertiary/aromatic N) is 4. The lowest BCUT2D eigenvalue weighted by atomic mass is 9.99. The lowest BCUT2D eigenvalue weighted by molar-refractivity contribution is -0.517. The molecule has 0 unspecified atom stereocenters. The first-order chi connectivity index (χ1) is 26.7. The monoisotopic (exact) mass is 653 g/mol. The van der Waals surface area contributed by atoms with Gasteiger partial charge in [0.2, 0.25) is 0 Å². The quantitative estimate of drug-likeness (QED) is 0.132. The van der Waals surface area contributed by atoms with Crippen molar-refractivity contribution in [2.45, 2.75) is 6.92 Å². The molecule has 10 rings (SSSR count). The third-order valence-electron chi connectivity index (χ3n) is 9.05. The molecule has 0 N–H and O–H groups in total. The first-order valence-electron chi connectivity index (χ1n) is 18.5. The van der Waals surface area contributed by atoms with Gasteiger partial charge in [-0.2, -0.15) is 0 Å². The van der Waals surface area contributed by atoms with E-state index in [4.69, 9.17) is 25.4 Å². The predicted octanol–water partition coefficient (Wildman–Crippen LogP) is 10.3. The largest absolute Gasteiger partial charge is 0.470 e. The van der Waals surface area contributed by atoms with E-state index < -0.39 is 6.04 Å². The molecule has 0 amide bonds. The van der Waals surface area contributed by atoms with Crippen LogP contribution in [0.2, 0.25) is 0 Å². The molecular formula is C43H28N4O3. The van der Waals surface area contributed by atoms with Gasteiger partial charge in [-0.05, 0) is 71.1 Å². The summed E-state index contributed by atoms with van der Waals surface area (Å²) in [5.41, 5.74) is 8.32. The van der Waals surface area contributed by atoms with Crippen LogP contribution in [0.5, 0.6) is 11.5 Å². The van der Waals surface area contributed by atoms with E-state index >= 15 is 0 Å². The highest BCUT2D eigenvalue weighted by molar-refractivity contribution is 6.09. The zero-order valence-corrected chi connectivity index (χ0v) is 26.6. The van der Waals surface area contributed by atoms with Crippen molar-refractivity contribution in [3.05, 3.63) is 164 Å². The van der Waals surface area contributed by atoms with Gasteiger partial charge in [-0.1, -0.05) is 84.8 Å². The van der Waals surface area contributed by atoms with Crippen molar-refractivity contribution < 1.29 is 24.8 Å². The van der Waals surface area contributed by atoms with E-state index in [0.717, 1.165) is 55.6 Å². The number of pyridine rings is 1. The number of benzene rings is 5. The van der Waals surface area contributed by atoms with Gasteiger partial charge < -0.3 is 13.6 Å². The molecule has 0 atom stereocenters. The molecule has 0 aliphatic carbocycles. The van der Waals surface area contributed by atoms with E-state index in [1.165, 1.54) is 0 Å². The van der Waals surface area contributed by atoms with Crippen LogP contribution in [0.4, 0.5) is 0 Å². The molecule has 7 heteroatoms. The molecule has 10 aromatic rings. The molecule has 50 heavy (non-hydrogen) atoms. The summed E-state index contributed by atoms with van der Waals surface area (Å²) in [4.78, 5) is 4.96. The van der Waals surface area contributed by atoms with Crippen molar-refractivity contribution in [2.75, 3.05) is 0 Å². The maximum absolute atomic E-state index is 8.37. The number of para-hydroxylation sites is 1. The normalized spacial score (nSPS) is 13.1. The second kappa shape index (κ2) is 11.1. The molecule has 7 nitrogen and oxygen atoms in total. The number of aryl methyl sites for hydroxylation is 1. The highest BCUT2D eigenvalue weighted by Crippen LogP contribution is 2.37. The second-order valence-corrected chi connectivity index (χ2v) is 12.0. The number of hydrogen-bond donors (Lipinski definition) is 0. The number of aromatic nitrogens is 4. The minimum absolute atomic E-state index is 0.176. The summed E-state index contributed by atoms with van der Waals surface area (Å²) in [7, 11) is 0. The van der Waals surface area contributed by atoms with Gasteiger partial charge in [-0.3, -0.25) is 13.4 Å². The van der Waals surface area contributed by atoms with Gasteiger partial charge >= 0.3 is 0 Å². The van der Waals surface area contributed by atoms with Crippen LogP contribution in [0.15, 0.2) is 161 Å². The number of hydrogen-bond acceptors (Lipinski definition) is 4. The van der Waals surface area contributed by atoms with E-state index in [2.05, 4.69) is 35.2 Å². The molecule has 238 valence electrons. The Labute approximate surface area is 293 Å².